The molecule has 1 aromatic carbocycles. The van der Waals surface area contributed by atoms with Crippen LogP contribution in [0.4, 0.5) is 0 Å². The number of phenolic OH excluding ortho intramolecular Hbond substituents is 1. The third-order valence-electron chi connectivity index (χ3n) is 3.48. The standard InChI is InChI=1S/C14H22N2O/c1-14(2,12-5-3-4-6-13(12)17)16-11-7-9-15-10-8-11/h3-6,11,15-17H,7-10H2,1-2H3. The van der Waals surface area contributed by atoms with E-state index in [1.165, 1.54) is 0 Å². The van der Waals surface area contributed by atoms with Crippen LogP contribution in [-0.4, -0.2) is 24.2 Å². The SMILES string of the molecule is CC(C)(NC1CCNCC1)c1ccccc1O. The zero-order chi connectivity index (χ0) is 12.3. The van der Waals surface area contributed by atoms with Crippen LogP contribution in [0.25, 0.3) is 0 Å². The van der Waals surface area contributed by atoms with Crippen molar-refractivity contribution >= 4 is 0 Å². The van der Waals surface area contributed by atoms with Gasteiger partial charge in [-0.15, -0.1) is 0 Å². The maximum Gasteiger partial charge on any atom is 0.120 e. The Balaban J connectivity index is 2.10. The zero-order valence-corrected chi connectivity index (χ0v) is 10.7. The molecule has 1 saturated heterocycles. The third-order valence-corrected chi connectivity index (χ3v) is 3.48. The molecule has 3 heteroatoms. The second kappa shape index (κ2) is 5.07. The summed E-state index contributed by atoms with van der Waals surface area (Å²) in [5.41, 5.74) is 0.784. The molecule has 1 aliphatic heterocycles. The van der Waals surface area contributed by atoms with Crippen molar-refractivity contribution < 1.29 is 5.11 Å². The molecule has 1 heterocycles. The van der Waals surface area contributed by atoms with Crippen LogP contribution in [0.15, 0.2) is 24.3 Å². The van der Waals surface area contributed by atoms with Crippen molar-refractivity contribution in [3.63, 3.8) is 0 Å². The molecule has 1 fully saturated rings. The van der Waals surface area contributed by atoms with Gasteiger partial charge in [-0.1, -0.05) is 18.2 Å². The van der Waals surface area contributed by atoms with Gasteiger partial charge in [0.25, 0.3) is 0 Å². The molecule has 0 aromatic heterocycles. The fourth-order valence-electron chi connectivity index (χ4n) is 2.56. The first-order valence-corrected chi connectivity index (χ1v) is 6.36. The van der Waals surface area contributed by atoms with Crippen molar-refractivity contribution in [2.24, 2.45) is 0 Å². The molecular weight excluding hydrogens is 212 g/mol. The van der Waals surface area contributed by atoms with Crippen molar-refractivity contribution in [1.29, 1.82) is 0 Å². The average Bonchev–Trinajstić information content (AvgIpc) is 2.30. The van der Waals surface area contributed by atoms with E-state index < -0.39 is 0 Å². The minimum Gasteiger partial charge on any atom is -0.508 e. The van der Waals surface area contributed by atoms with E-state index in [4.69, 9.17) is 0 Å². The van der Waals surface area contributed by atoms with Gasteiger partial charge in [0, 0.05) is 17.1 Å². The van der Waals surface area contributed by atoms with Crippen molar-refractivity contribution in [2.75, 3.05) is 13.1 Å². The quantitative estimate of drug-likeness (QED) is 0.749. The summed E-state index contributed by atoms with van der Waals surface area (Å²) in [5, 5.41) is 16.9. The minimum atomic E-state index is -0.187. The van der Waals surface area contributed by atoms with Crippen molar-refractivity contribution in [3.05, 3.63) is 29.8 Å². The number of benzene rings is 1. The second-order valence-corrected chi connectivity index (χ2v) is 5.31. The van der Waals surface area contributed by atoms with Gasteiger partial charge in [0.1, 0.15) is 5.75 Å². The van der Waals surface area contributed by atoms with E-state index >= 15 is 0 Å². The maximum absolute atomic E-state index is 9.92. The lowest BCUT2D eigenvalue weighted by Gasteiger charge is -2.35. The zero-order valence-electron chi connectivity index (χ0n) is 10.7. The summed E-state index contributed by atoms with van der Waals surface area (Å²) in [6, 6.07) is 8.11. The van der Waals surface area contributed by atoms with E-state index in [-0.39, 0.29) is 5.54 Å². The monoisotopic (exact) mass is 234 g/mol. The molecule has 0 bridgehead atoms. The molecule has 1 aromatic rings. The van der Waals surface area contributed by atoms with Gasteiger partial charge in [-0.2, -0.15) is 0 Å². The molecule has 2 rings (SSSR count). The van der Waals surface area contributed by atoms with Crippen LogP contribution in [-0.2, 0) is 5.54 Å². The molecular formula is C14H22N2O. The van der Waals surface area contributed by atoms with Crippen LogP contribution in [0.2, 0.25) is 0 Å². The predicted octanol–water partition coefficient (Wildman–Crippen LogP) is 1.97. The molecule has 0 aliphatic carbocycles. The summed E-state index contributed by atoms with van der Waals surface area (Å²) < 4.78 is 0. The van der Waals surface area contributed by atoms with Gasteiger partial charge in [0.15, 0.2) is 0 Å². The fourth-order valence-corrected chi connectivity index (χ4v) is 2.56. The first kappa shape index (κ1) is 12.4. The summed E-state index contributed by atoms with van der Waals surface area (Å²) in [6.07, 6.45) is 2.30. The molecule has 0 spiro atoms. The lowest BCUT2D eigenvalue weighted by Crippen LogP contribution is -2.48. The fraction of sp³-hybridized carbons (Fsp3) is 0.571. The van der Waals surface area contributed by atoms with Crippen LogP contribution in [0, 0.1) is 0 Å². The summed E-state index contributed by atoms with van der Waals surface area (Å²) in [4.78, 5) is 0. The van der Waals surface area contributed by atoms with Crippen LogP contribution in [0.3, 0.4) is 0 Å². The Morgan fingerprint density at radius 3 is 2.53 bits per heavy atom. The van der Waals surface area contributed by atoms with Gasteiger partial charge >= 0.3 is 0 Å². The Labute approximate surface area is 103 Å². The highest BCUT2D eigenvalue weighted by molar-refractivity contribution is 5.37. The highest BCUT2D eigenvalue weighted by Crippen LogP contribution is 2.29. The summed E-state index contributed by atoms with van der Waals surface area (Å²) in [5.74, 6) is 0.374. The molecule has 0 unspecified atom stereocenters. The summed E-state index contributed by atoms with van der Waals surface area (Å²) in [6.45, 7) is 6.41. The van der Waals surface area contributed by atoms with Gasteiger partial charge in [-0.25, -0.2) is 0 Å². The summed E-state index contributed by atoms with van der Waals surface area (Å²) >= 11 is 0. The van der Waals surface area contributed by atoms with Crippen LogP contribution in [0.5, 0.6) is 5.75 Å². The number of hydrogen-bond donors (Lipinski definition) is 3. The predicted molar refractivity (Wildman–Crippen MR) is 70.2 cm³/mol. The number of aromatic hydroxyl groups is 1. The highest BCUT2D eigenvalue weighted by Gasteiger charge is 2.27. The Morgan fingerprint density at radius 2 is 1.88 bits per heavy atom. The molecule has 3 N–H and O–H groups in total. The van der Waals surface area contributed by atoms with Gasteiger partial charge < -0.3 is 15.7 Å². The molecule has 0 atom stereocenters. The number of para-hydroxylation sites is 1. The largest absolute Gasteiger partial charge is 0.508 e. The Morgan fingerprint density at radius 1 is 1.24 bits per heavy atom. The van der Waals surface area contributed by atoms with E-state index in [1.807, 2.05) is 18.2 Å². The number of piperidine rings is 1. The minimum absolute atomic E-state index is 0.187. The number of nitrogens with one attached hydrogen (secondary N) is 2. The van der Waals surface area contributed by atoms with Gasteiger partial charge in [-0.3, -0.25) is 0 Å². The van der Waals surface area contributed by atoms with Gasteiger partial charge in [-0.05, 0) is 45.8 Å². The molecule has 3 nitrogen and oxygen atoms in total. The summed E-state index contributed by atoms with van der Waals surface area (Å²) in [7, 11) is 0. The molecule has 1 aliphatic rings. The topological polar surface area (TPSA) is 44.3 Å². The Kier molecular flexibility index (Phi) is 3.69. The lowest BCUT2D eigenvalue weighted by atomic mass is 9.91. The normalized spacial score (nSPS) is 18.2. The molecule has 94 valence electrons. The number of hydrogen-bond acceptors (Lipinski definition) is 3. The third kappa shape index (κ3) is 2.99. The van der Waals surface area contributed by atoms with E-state index in [1.54, 1.807) is 6.07 Å². The van der Waals surface area contributed by atoms with Gasteiger partial charge in [0.05, 0.1) is 0 Å². The lowest BCUT2D eigenvalue weighted by molar-refractivity contribution is 0.284. The Hall–Kier alpha value is -1.06. The van der Waals surface area contributed by atoms with Crippen LogP contribution in [0.1, 0.15) is 32.3 Å². The number of rotatable bonds is 3. The number of phenols is 1. The smallest absolute Gasteiger partial charge is 0.120 e. The van der Waals surface area contributed by atoms with E-state index in [0.717, 1.165) is 31.5 Å². The van der Waals surface area contributed by atoms with E-state index in [0.29, 0.717) is 11.8 Å². The molecule has 0 saturated carbocycles. The average molecular weight is 234 g/mol. The van der Waals surface area contributed by atoms with Crippen LogP contribution >= 0.6 is 0 Å². The van der Waals surface area contributed by atoms with Crippen LogP contribution < -0.4 is 10.6 Å². The Bertz CT molecular complexity index is 370. The second-order valence-electron chi connectivity index (χ2n) is 5.31. The highest BCUT2D eigenvalue weighted by atomic mass is 16.3. The molecule has 0 radical (unpaired) electrons. The van der Waals surface area contributed by atoms with Gasteiger partial charge in [0.2, 0.25) is 0 Å². The first-order valence-electron chi connectivity index (χ1n) is 6.36. The molecule has 0 amide bonds. The van der Waals surface area contributed by atoms with Crippen molar-refractivity contribution in [1.82, 2.24) is 10.6 Å². The maximum atomic E-state index is 9.92. The van der Waals surface area contributed by atoms with E-state index in [9.17, 15) is 5.11 Å². The van der Waals surface area contributed by atoms with Crippen molar-refractivity contribution in [2.45, 2.75) is 38.3 Å². The van der Waals surface area contributed by atoms with Crippen molar-refractivity contribution in [3.8, 4) is 5.75 Å². The van der Waals surface area contributed by atoms with E-state index in [2.05, 4.69) is 24.5 Å². The molecule has 17 heavy (non-hydrogen) atoms. The first-order chi connectivity index (χ1) is 8.09.